The number of alkyl halides is 2. The van der Waals surface area contributed by atoms with Crippen LogP contribution < -0.4 is 0 Å². The van der Waals surface area contributed by atoms with Crippen LogP contribution in [0.3, 0.4) is 0 Å². The van der Waals surface area contributed by atoms with E-state index in [1.807, 2.05) is 6.07 Å². The molecule has 0 aromatic carbocycles. The summed E-state index contributed by atoms with van der Waals surface area (Å²) in [5.74, 6) is -3.54. The van der Waals surface area contributed by atoms with Gasteiger partial charge in [0.05, 0.1) is 11.6 Å². The molecule has 3 atom stereocenters. The van der Waals surface area contributed by atoms with Gasteiger partial charge in [0.2, 0.25) is 5.91 Å². The van der Waals surface area contributed by atoms with Crippen LogP contribution in [0, 0.1) is 16.7 Å². The van der Waals surface area contributed by atoms with Crippen molar-refractivity contribution in [1.29, 1.82) is 5.26 Å². The van der Waals surface area contributed by atoms with Gasteiger partial charge in [-0.05, 0) is 37.8 Å². The molecule has 3 heterocycles. The number of carbonyl (C=O) groups is 1. The summed E-state index contributed by atoms with van der Waals surface area (Å²) in [4.78, 5) is 18.3. The van der Waals surface area contributed by atoms with Crippen molar-refractivity contribution in [2.45, 2.75) is 51.1 Å². The molecule has 0 radical (unpaired) electrons. The summed E-state index contributed by atoms with van der Waals surface area (Å²) in [6, 6.07) is 3.29. The molecule has 2 fully saturated rings. The normalized spacial score (nSPS) is 31.2. The van der Waals surface area contributed by atoms with Gasteiger partial charge < -0.3 is 4.90 Å². The lowest BCUT2D eigenvalue weighted by Gasteiger charge is -2.31. The van der Waals surface area contributed by atoms with Crippen molar-refractivity contribution < 1.29 is 13.6 Å². The molecule has 0 saturated carbocycles. The highest BCUT2D eigenvalue weighted by molar-refractivity contribution is 5.87. The summed E-state index contributed by atoms with van der Waals surface area (Å²) in [6.07, 6.45) is 4.67. The minimum absolute atomic E-state index is 0.154. The molecule has 1 aromatic rings. The fourth-order valence-electron chi connectivity index (χ4n) is 3.63. The Morgan fingerprint density at radius 1 is 1.45 bits per heavy atom. The maximum Gasteiger partial charge on any atom is 0.259 e. The van der Waals surface area contributed by atoms with E-state index in [4.69, 9.17) is 5.26 Å². The second-order valence-electron chi connectivity index (χ2n) is 6.50. The molecule has 6 heteroatoms. The molecule has 0 N–H and O–H groups in total. The number of aromatic nitrogens is 1. The SMILES string of the molecule is CC(F)(F)[C@@]1(C)C[C@@H]2CC[C@H](c3cncc(C#N)c3)N2C1=O. The molecular weight excluding hydrogens is 288 g/mol. The van der Waals surface area contributed by atoms with Crippen LogP contribution in [0.15, 0.2) is 18.5 Å². The average Bonchev–Trinajstić information content (AvgIpc) is 2.98. The quantitative estimate of drug-likeness (QED) is 0.844. The van der Waals surface area contributed by atoms with Gasteiger partial charge in [-0.1, -0.05) is 0 Å². The number of nitriles is 1. The number of carbonyl (C=O) groups excluding carboxylic acids is 1. The van der Waals surface area contributed by atoms with Crippen LogP contribution in [0.4, 0.5) is 8.78 Å². The smallest absolute Gasteiger partial charge is 0.259 e. The number of pyridine rings is 1. The van der Waals surface area contributed by atoms with Gasteiger partial charge in [0.1, 0.15) is 11.5 Å². The van der Waals surface area contributed by atoms with Gasteiger partial charge >= 0.3 is 0 Å². The van der Waals surface area contributed by atoms with Crippen molar-refractivity contribution in [3.05, 3.63) is 29.6 Å². The van der Waals surface area contributed by atoms with Crippen LogP contribution in [0.2, 0.25) is 0 Å². The van der Waals surface area contributed by atoms with E-state index in [0.29, 0.717) is 12.0 Å². The second kappa shape index (κ2) is 4.73. The van der Waals surface area contributed by atoms with Crippen LogP contribution in [-0.4, -0.2) is 27.8 Å². The van der Waals surface area contributed by atoms with Crippen molar-refractivity contribution in [3.8, 4) is 6.07 Å². The molecule has 2 aliphatic heterocycles. The predicted octanol–water partition coefficient (Wildman–Crippen LogP) is 3.05. The molecule has 1 aromatic heterocycles. The third-order valence-electron chi connectivity index (χ3n) is 5.10. The number of amides is 1. The monoisotopic (exact) mass is 305 g/mol. The number of fused-ring (bicyclic) bond motifs is 1. The fraction of sp³-hybridized carbons (Fsp3) is 0.562. The molecule has 0 spiro atoms. The summed E-state index contributed by atoms with van der Waals surface area (Å²) in [5, 5.41) is 8.96. The first-order valence-corrected chi connectivity index (χ1v) is 7.33. The lowest BCUT2D eigenvalue weighted by molar-refractivity contribution is -0.156. The van der Waals surface area contributed by atoms with E-state index in [1.54, 1.807) is 17.2 Å². The first-order valence-electron chi connectivity index (χ1n) is 7.33. The zero-order valence-corrected chi connectivity index (χ0v) is 12.5. The van der Waals surface area contributed by atoms with Gasteiger partial charge in [0, 0.05) is 25.4 Å². The molecule has 4 nitrogen and oxygen atoms in total. The Balaban J connectivity index is 1.95. The fourth-order valence-corrected chi connectivity index (χ4v) is 3.63. The highest BCUT2D eigenvalue weighted by Crippen LogP contribution is 2.54. The van der Waals surface area contributed by atoms with E-state index < -0.39 is 17.2 Å². The maximum atomic E-state index is 13.9. The Morgan fingerprint density at radius 3 is 2.82 bits per heavy atom. The summed E-state index contributed by atoms with van der Waals surface area (Å²) in [5.41, 5.74) is -0.480. The van der Waals surface area contributed by atoms with Crippen molar-refractivity contribution in [2.24, 2.45) is 5.41 Å². The average molecular weight is 305 g/mol. The zero-order chi connectivity index (χ0) is 16.1. The van der Waals surface area contributed by atoms with E-state index in [-0.39, 0.29) is 18.5 Å². The Hall–Kier alpha value is -2.03. The van der Waals surface area contributed by atoms with E-state index in [0.717, 1.165) is 18.9 Å². The van der Waals surface area contributed by atoms with Gasteiger partial charge in [-0.25, -0.2) is 8.78 Å². The van der Waals surface area contributed by atoms with Crippen LogP contribution in [-0.2, 0) is 4.79 Å². The van der Waals surface area contributed by atoms with E-state index in [1.165, 1.54) is 13.1 Å². The first kappa shape index (κ1) is 14.9. The summed E-state index contributed by atoms with van der Waals surface area (Å²) >= 11 is 0. The first-order chi connectivity index (χ1) is 10.3. The lowest BCUT2D eigenvalue weighted by Crippen LogP contribution is -2.44. The Labute approximate surface area is 127 Å². The molecule has 22 heavy (non-hydrogen) atoms. The largest absolute Gasteiger partial charge is 0.332 e. The van der Waals surface area contributed by atoms with Crippen molar-refractivity contribution >= 4 is 5.91 Å². The Kier molecular flexibility index (Phi) is 3.20. The van der Waals surface area contributed by atoms with Crippen LogP contribution >= 0.6 is 0 Å². The van der Waals surface area contributed by atoms with Gasteiger partial charge in [-0.3, -0.25) is 9.78 Å². The topological polar surface area (TPSA) is 57.0 Å². The summed E-state index contributed by atoms with van der Waals surface area (Å²) in [6.45, 7) is 2.18. The van der Waals surface area contributed by atoms with E-state index in [2.05, 4.69) is 4.98 Å². The number of rotatable bonds is 2. The minimum atomic E-state index is -3.05. The van der Waals surface area contributed by atoms with E-state index in [9.17, 15) is 13.6 Å². The third kappa shape index (κ3) is 1.99. The van der Waals surface area contributed by atoms with Crippen LogP contribution in [0.1, 0.15) is 50.3 Å². The van der Waals surface area contributed by atoms with Gasteiger partial charge in [-0.15, -0.1) is 0 Å². The van der Waals surface area contributed by atoms with Gasteiger partial charge in [-0.2, -0.15) is 5.26 Å². The number of hydrogen-bond acceptors (Lipinski definition) is 3. The standard InChI is InChI=1S/C16H17F2N3O/c1-15(16(2,17)18)6-12-3-4-13(21(12)14(15)22)11-5-10(7-19)8-20-9-11/h5,8-9,12-13H,3-4,6H2,1-2H3/t12-,13+,15-/m0/s1. The van der Waals surface area contributed by atoms with E-state index >= 15 is 0 Å². The van der Waals surface area contributed by atoms with Crippen molar-refractivity contribution in [1.82, 2.24) is 9.88 Å². The van der Waals surface area contributed by atoms with Crippen molar-refractivity contribution in [3.63, 3.8) is 0 Å². The molecule has 0 aliphatic carbocycles. The molecular formula is C16H17F2N3O. The summed E-state index contributed by atoms with van der Waals surface area (Å²) < 4.78 is 27.8. The van der Waals surface area contributed by atoms with Crippen molar-refractivity contribution in [2.75, 3.05) is 0 Å². The molecule has 116 valence electrons. The van der Waals surface area contributed by atoms with Gasteiger partial charge in [0.25, 0.3) is 5.92 Å². The predicted molar refractivity (Wildman–Crippen MR) is 74.9 cm³/mol. The van der Waals surface area contributed by atoms with Gasteiger partial charge in [0.15, 0.2) is 0 Å². The highest BCUT2D eigenvalue weighted by atomic mass is 19.3. The number of halogens is 2. The van der Waals surface area contributed by atoms with Crippen LogP contribution in [0.25, 0.3) is 0 Å². The molecule has 0 unspecified atom stereocenters. The molecule has 2 saturated heterocycles. The Bertz CT molecular complexity index is 664. The molecule has 2 aliphatic rings. The lowest BCUT2D eigenvalue weighted by atomic mass is 9.80. The van der Waals surface area contributed by atoms with Crippen LogP contribution in [0.5, 0.6) is 0 Å². The molecule has 0 bridgehead atoms. The second-order valence-corrected chi connectivity index (χ2v) is 6.50. The minimum Gasteiger partial charge on any atom is -0.332 e. The number of hydrogen-bond donors (Lipinski definition) is 0. The number of nitrogens with zero attached hydrogens (tertiary/aromatic N) is 3. The summed E-state index contributed by atoms with van der Waals surface area (Å²) in [7, 11) is 0. The maximum absolute atomic E-state index is 13.9. The zero-order valence-electron chi connectivity index (χ0n) is 12.5. The molecule has 1 amide bonds. The third-order valence-corrected chi connectivity index (χ3v) is 5.10. The Morgan fingerprint density at radius 2 is 2.18 bits per heavy atom. The highest BCUT2D eigenvalue weighted by Gasteiger charge is 2.62. The molecule has 3 rings (SSSR count).